The van der Waals surface area contributed by atoms with Gasteiger partial charge in [0.05, 0.1) is 11.3 Å². The fourth-order valence-electron chi connectivity index (χ4n) is 3.77. The Bertz CT molecular complexity index is 1080. The number of hydrogen-bond acceptors (Lipinski definition) is 5. The number of benzene rings is 2. The molecule has 3 rings (SSSR count). The molecule has 9 nitrogen and oxygen atoms in total. The average Bonchev–Trinajstić information content (AvgIpc) is 2.80. The van der Waals surface area contributed by atoms with Crippen LogP contribution in [-0.2, 0) is 20.8 Å². The topological polar surface area (TPSA) is 128 Å². The molecule has 1 heterocycles. The Morgan fingerprint density at radius 3 is 2.24 bits per heavy atom. The van der Waals surface area contributed by atoms with E-state index in [4.69, 9.17) is 0 Å². The molecule has 0 unspecified atom stereocenters. The maximum atomic E-state index is 13.5. The third kappa shape index (κ3) is 5.54. The minimum atomic E-state index is -0.940. The van der Waals surface area contributed by atoms with Gasteiger partial charge in [0.1, 0.15) is 23.9 Å². The lowest BCUT2D eigenvalue weighted by molar-refractivity contribution is -0.141. The highest BCUT2D eigenvalue weighted by atomic mass is 16.3. The van der Waals surface area contributed by atoms with Crippen LogP contribution in [0.5, 0.6) is 5.75 Å². The number of phenols is 1. The minimum absolute atomic E-state index is 0.0872. The van der Waals surface area contributed by atoms with Gasteiger partial charge < -0.3 is 26.0 Å². The van der Waals surface area contributed by atoms with Crippen molar-refractivity contribution in [2.75, 3.05) is 12.4 Å². The monoisotopic (exact) mass is 466 g/mol. The van der Waals surface area contributed by atoms with Gasteiger partial charge >= 0.3 is 0 Å². The van der Waals surface area contributed by atoms with Crippen molar-refractivity contribution in [3.63, 3.8) is 0 Å². The zero-order valence-electron chi connectivity index (χ0n) is 19.7. The number of hydrogen-bond donors (Lipinski definition) is 4. The number of phenolic OH excluding ortho intramolecular Hbond substituents is 1. The Labute approximate surface area is 198 Å². The summed E-state index contributed by atoms with van der Waals surface area (Å²) in [5.74, 6) is -2.10. The Morgan fingerprint density at radius 1 is 0.941 bits per heavy atom. The lowest BCUT2D eigenvalue weighted by atomic mass is 9.99. The first kappa shape index (κ1) is 24.8. The SMILES string of the molecule is CC(C)[C@H]1NC(=O)[C@H](C)NC(=O)c2ccccc2NC(=O)[C@H](Cc2ccc(O)cc2)N(C)C1=O. The van der Waals surface area contributed by atoms with Crippen LogP contribution in [0.25, 0.3) is 0 Å². The van der Waals surface area contributed by atoms with Gasteiger partial charge in [0.2, 0.25) is 17.7 Å². The van der Waals surface area contributed by atoms with Crippen molar-refractivity contribution >= 4 is 29.3 Å². The first-order chi connectivity index (χ1) is 16.1. The average molecular weight is 467 g/mol. The number of carbonyl (C=O) groups is 4. The summed E-state index contributed by atoms with van der Waals surface area (Å²) >= 11 is 0. The molecular formula is C25H30N4O5. The van der Waals surface area contributed by atoms with E-state index in [-0.39, 0.29) is 29.3 Å². The van der Waals surface area contributed by atoms with Crippen LogP contribution in [0.15, 0.2) is 48.5 Å². The fourth-order valence-corrected chi connectivity index (χ4v) is 3.77. The molecule has 3 atom stereocenters. The van der Waals surface area contributed by atoms with Crippen LogP contribution in [0.4, 0.5) is 5.69 Å². The molecule has 0 aromatic heterocycles. The highest BCUT2D eigenvalue weighted by molar-refractivity contribution is 6.07. The third-order valence-electron chi connectivity index (χ3n) is 5.88. The van der Waals surface area contributed by atoms with E-state index < -0.39 is 41.8 Å². The number of anilines is 1. The van der Waals surface area contributed by atoms with Gasteiger partial charge in [0, 0.05) is 13.5 Å². The maximum absolute atomic E-state index is 13.5. The van der Waals surface area contributed by atoms with Gasteiger partial charge in [-0.2, -0.15) is 0 Å². The number of rotatable bonds is 3. The summed E-state index contributed by atoms with van der Waals surface area (Å²) in [5, 5.41) is 17.7. The van der Waals surface area contributed by atoms with Gasteiger partial charge in [-0.1, -0.05) is 38.1 Å². The third-order valence-corrected chi connectivity index (χ3v) is 5.88. The molecule has 4 amide bonds. The van der Waals surface area contributed by atoms with Crippen molar-refractivity contribution in [1.82, 2.24) is 15.5 Å². The van der Waals surface area contributed by atoms with E-state index in [1.165, 1.54) is 31.0 Å². The van der Waals surface area contributed by atoms with Gasteiger partial charge in [-0.25, -0.2) is 0 Å². The van der Waals surface area contributed by atoms with E-state index in [2.05, 4.69) is 16.0 Å². The molecule has 0 fully saturated rings. The van der Waals surface area contributed by atoms with Crippen molar-refractivity contribution in [2.45, 2.75) is 45.3 Å². The number of carbonyl (C=O) groups excluding carboxylic acids is 4. The molecule has 0 spiro atoms. The highest BCUT2D eigenvalue weighted by Gasteiger charge is 2.35. The van der Waals surface area contributed by atoms with Crippen molar-refractivity contribution in [2.24, 2.45) is 5.92 Å². The Balaban J connectivity index is 2.06. The fraction of sp³-hybridized carbons (Fsp3) is 0.360. The van der Waals surface area contributed by atoms with Gasteiger partial charge in [-0.15, -0.1) is 0 Å². The summed E-state index contributed by atoms with van der Waals surface area (Å²) in [4.78, 5) is 53.9. The van der Waals surface area contributed by atoms with Crippen molar-refractivity contribution in [3.05, 3.63) is 59.7 Å². The van der Waals surface area contributed by atoms with Gasteiger partial charge in [0.25, 0.3) is 5.91 Å². The Kier molecular flexibility index (Phi) is 7.55. The van der Waals surface area contributed by atoms with Crippen LogP contribution in [-0.4, -0.2) is 58.8 Å². The van der Waals surface area contributed by atoms with Crippen LogP contribution >= 0.6 is 0 Å². The van der Waals surface area contributed by atoms with Crippen LogP contribution in [0.3, 0.4) is 0 Å². The molecule has 0 saturated carbocycles. The van der Waals surface area contributed by atoms with Crippen molar-refractivity contribution in [1.29, 1.82) is 0 Å². The second-order valence-electron chi connectivity index (χ2n) is 8.80. The van der Waals surface area contributed by atoms with Crippen molar-refractivity contribution < 1.29 is 24.3 Å². The van der Waals surface area contributed by atoms with E-state index in [9.17, 15) is 24.3 Å². The largest absolute Gasteiger partial charge is 0.508 e. The summed E-state index contributed by atoms with van der Waals surface area (Å²) < 4.78 is 0. The second kappa shape index (κ2) is 10.4. The molecule has 0 radical (unpaired) electrons. The molecule has 0 aliphatic carbocycles. The van der Waals surface area contributed by atoms with E-state index in [0.717, 1.165) is 5.56 Å². The van der Waals surface area contributed by atoms with E-state index in [1.807, 2.05) is 0 Å². The molecule has 2 aromatic rings. The molecule has 2 aromatic carbocycles. The van der Waals surface area contributed by atoms with Crippen LogP contribution < -0.4 is 16.0 Å². The highest BCUT2D eigenvalue weighted by Crippen LogP contribution is 2.20. The normalized spacial score (nSPS) is 22.0. The smallest absolute Gasteiger partial charge is 0.254 e. The minimum Gasteiger partial charge on any atom is -0.508 e. The summed E-state index contributed by atoms with van der Waals surface area (Å²) in [5.41, 5.74) is 1.20. The summed E-state index contributed by atoms with van der Waals surface area (Å²) in [6.45, 7) is 5.12. The van der Waals surface area contributed by atoms with Crippen LogP contribution in [0.2, 0.25) is 0 Å². The first-order valence-electron chi connectivity index (χ1n) is 11.1. The van der Waals surface area contributed by atoms with Crippen molar-refractivity contribution in [3.8, 4) is 5.75 Å². The summed E-state index contributed by atoms with van der Waals surface area (Å²) in [6.07, 6.45) is 0.165. The molecule has 4 N–H and O–H groups in total. The van der Waals surface area contributed by atoms with Gasteiger partial charge in [0.15, 0.2) is 0 Å². The van der Waals surface area contributed by atoms with Crippen LogP contribution in [0.1, 0.15) is 36.7 Å². The molecular weight excluding hydrogens is 436 g/mol. The van der Waals surface area contributed by atoms with E-state index >= 15 is 0 Å². The van der Waals surface area contributed by atoms with Gasteiger partial charge in [-0.05, 0) is 42.7 Å². The lowest BCUT2D eigenvalue weighted by Crippen LogP contribution is -2.57. The van der Waals surface area contributed by atoms with Crippen LogP contribution in [0, 0.1) is 5.92 Å². The number of amides is 4. The van der Waals surface area contributed by atoms with E-state index in [1.54, 1.807) is 50.2 Å². The number of nitrogens with one attached hydrogen (secondary N) is 3. The summed E-state index contributed by atoms with van der Waals surface area (Å²) in [6, 6.07) is 10.1. The standard InChI is InChI=1S/C25H30N4O5/c1-14(2)21-25(34)29(4)20(13-16-9-11-17(30)12-10-16)24(33)27-19-8-6-5-7-18(19)23(32)26-15(3)22(31)28-21/h5-12,14-15,20-21,30H,13H2,1-4H3,(H,26,32)(H,27,33)(H,28,31)/t15-,20-,21+/m0/s1. The molecule has 9 heteroatoms. The number of nitrogens with zero attached hydrogens (tertiary/aromatic N) is 1. The van der Waals surface area contributed by atoms with E-state index in [0.29, 0.717) is 0 Å². The summed E-state index contributed by atoms with van der Waals surface area (Å²) in [7, 11) is 1.52. The Morgan fingerprint density at radius 2 is 1.59 bits per heavy atom. The zero-order valence-corrected chi connectivity index (χ0v) is 19.7. The number of para-hydroxylation sites is 1. The molecule has 0 saturated heterocycles. The predicted molar refractivity (Wildman–Crippen MR) is 127 cm³/mol. The molecule has 180 valence electrons. The molecule has 1 aliphatic heterocycles. The molecule has 1 aliphatic rings. The maximum Gasteiger partial charge on any atom is 0.254 e. The lowest BCUT2D eigenvalue weighted by Gasteiger charge is -2.32. The molecule has 34 heavy (non-hydrogen) atoms. The zero-order chi connectivity index (χ0) is 25.0. The second-order valence-corrected chi connectivity index (χ2v) is 8.80. The number of aromatic hydroxyl groups is 1. The predicted octanol–water partition coefficient (Wildman–Crippen LogP) is 1.67. The molecule has 0 bridgehead atoms. The first-order valence-corrected chi connectivity index (χ1v) is 11.1. The number of likely N-dealkylation sites (N-methyl/N-ethyl adjacent to an activating group) is 1. The quantitative estimate of drug-likeness (QED) is 0.547. The number of fused-ring (bicyclic) bond motifs is 1. The Hall–Kier alpha value is -3.88. The van der Waals surface area contributed by atoms with Gasteiger partial charge in [-0.3, -0.25) is 19.2 Å².